The Balaban J connectivity index is 0.00000103. The molecule has 0 fully saturated rings. The quantitative estimate of drug-likeness (QED) is 0.338. The van der Waals surface area contributed by atoms with Crippen LogP contribution < -0.4 is 21.1 Å². The zero-order chi connectivity index (χ0) is 22.7. The summed E-state index contributed by atoms with van der Waals surface area (Å²) in [5.74, 6) is -1.19. The minimum absolute atomic E-state index is 0.0729. The van der Waals surface area contributed by atoms with E-state index in [4.69, 9.17) is 16.6 Å². The summed E-state index contributed by atoms with van der Waals surface area (Å²) in [4.78, 5) is 13.4. The number of sulfonamides is 1. The van der Waals surface area contributed by atoms with Gasteiger partial charge in [0.1, 0.15) is 6.04 Å². The van der Waals surface area contributed by atoms with Crippen LogP contribution in [0.2, 0.25) is 0 Å². The molecule has 0 amide bonds. The Morgan fingerprint density at radius 2 is 1.67 bits per heavy atom. The first-order chi connectivity index (χ1) is 14.2. The fraction of sp³-hybridized carbons (Fsp3) is 0.450. The monoisotopic (exact) mass is 440 g/mol. The van der Waals surface area contributed by atoms with Crippen LogP contribution in [0.15, 0.2) is 41.3 Å². The number of nitrogens with zero attached hydrogens (tertiary/aromatic N) is 1. The molecule has 0 heterocycles. The van der Waals surface area contributed by atoms with Gasteiger partial charge in [-0.05, 0) is 31.5 Å². The number of fused-ring (bicyclic) bond motifs is 1. The summed E-state index contributed by atoms with van der Waals surface area (Å²) < 4.78 is 28.1. The fourth-order valence-electron chi connectivity index (χ4n) is 2.87. The number of hydrogen-bond donors (Lipinski definition) is 5. The molecule has 0 aliphatic heterocycles. The standard InChI is InChI=1S/C18H25N3O4S.C2H7NO/c1-21(2)16-10-5-8-14-13(16)7-6-11-17(14)26(24,25)20-15(18(22)23)9-3-4-12-19;3-1-2-4/h5-8,10-11,15,20H,3-4,9,12,19H2,1-2H3,(H,22,23);4H,1-3H2/t15-;/m0./s1. The molecule has 0 aliphatic rings. The van der Waals surface area contributed by atoms with Crippen molar-refractivity contribution in [2.45, 2.75) is 30.2 Å². The molecule has 2 aromatic rings. The smallest absolute Gasteiger partial charge is 0.321 e. The van der Waals surface area contributed by atoms with E-state index in [-0.39, 0.29) is 17.9 Å². The van der Waals surface area contributed by atoms with E-state index in [9.17, 15) is 18.3 Å². The van der Waals surface area contributed by atoms with Crippen LogP contribution in [0.3, 0.4) is 0 Å². The summed E-state index contributed by atoms with van der Waals surface area (Å²) in [5, 5.41) is 18.4. The van der Waals surface area contributed by atoms with Gasteiger partial charge in [0.05, 0.1) is 11.5 Å². The summed E-state index contributed by atoms with van der Waals surface area (Å²) in [7, 11) is -0.229. The molecule has 2 aromatic carbocycles. The second-order valence-electron chi connectivity index (χ2n) is 6.83. The third kappa shape index (κ3) is 7.22. The number of carboxylic acids is 1. The average Bonchev–Trinajstić information content (AvgIpc) is 2.72. The van der Waals surface area contributed by atoms with Crippen LogP contribution in [-0.2, 0) is 14.8 Å². The highest BCUT2D eigenvalue weighted by molar-refractivity contribution is 7.89. The molecule has 9 nitrogen and oxygen atoms in total. The molecule has 2 rings (SSSR count). The van der Waals surface area contributed by atoms with Gasteiger partial charge in [-0.1, -0.05) is 30.7 Å². The summed E-state index contributed by atoms with van der Waals surface area (Å²) in [6.07, 6.45) is 1.38. The Morgan fingerprint density at radius 1 is 1.07 bits per heavy atom. The molecule has 168 valence electrons. The van der Waals surface area contributed by atoms with Gasteiger partial charge in [-0.25, -0.2) is 8.42 Å². The van der Waals surface area contributed by atoms with E-state index in [1.54, 1.807) is 18.2 Å². The van der Waals surface area contributed by atoms with Gasteiger partial charge in [0.25, 0.3) is 0 Å². The minimum atomic E-state index is -3.99. The number of aliphatic hydroxyl groups is 1. The third-order valence-electron chi connectivity index (χ3n) is 4.30. The average molecular weight is 441 g/mol. The maximum atomic E-state index is 12.9. The summed E-state index contributed by atoms with van der Waals surface area (Å²) in [6, 6.07) is 9.22. The maximum absolute atomic E-state index is 12.9. The lowest BCUT2D eigenvalue weighted by atomic mass is 10.1. The number of aliphatic carboxylic acids is 1. The highest BCUT2D eigenvalue weighted by atomic mass is 32.2. The second kappa shape index (κ2) is 12.5. The lowest BCUT2D eigenvalue weighted by Gasteiger charge is -2.18. The Bertz CT molecular complexity index is 917. The van der Waals surface area contributed by atoms with Crippen LogP contribution in [0.5, 0.6) is 0 Å². The van der Waals surface area contributed by atoms with Gasteiger partial charge in [0, 0.05) is 37.1 Å². The summed E-state index contributed by atoms with van der Waals surface area (Å²) in [5.41, 5.74) is 11.1. The van der Waals surface area contributed by atoms with E-state index in [1.165, 1.54) is 6.07 Å². The van der Waals surface area contributed by atoms with Crippen molar-refractivity contribution in [3.63, 3.8) is 0 Å². The number of carbonyl (C=O) groups is 1. The lowest BCUT2D eigenvalue weighted by Crippen LogP contribution is -2.40. The van der Waals surface area contributed by atoms with Gasteiger partial charge >= 0.3 is 5.97 Å². The SMILES string of the molecule is CN(C)c1cccc2c(S(=O)(=O)N[C@@H](CCCCN)C(=O)O)cccc12.NCCO. The Hall–Kier alpha value is -2.24. The molecule has 0 saturated carbocycles. The Labute approximate surface area is 177 Å². The van der Waals surface area contributed by atoms with Crippen molar-refractivity contribution in [2.24, 2.45) is 11.5 Å². The molecule has 0 aromatic heterocycles. The zero-order valence-corrected chi connectivity index (χ0v) is 18.2. The number of carboxylic acid groups (broad SMARTS) is 1. The second-order valence-corrected chi connectivity index (χ2v) is 8.51. The normalized spacial score (nSPS) is 12.2. The third-order valence-corrected chi connectivity index (χ3v) is 5.83. The van der Waals surface area contributed by atoms with Crippen molar-refractivity contribution >= 4 is 32.5 Å². The fourth-order valence-corrected chi connectivity index (χ4v) is 4.31. The van der Waals surface area contributed by atoms with E-state index < -0.39 is 22.0 Å². The van der Waals surface area contributed by atoms with E-state index in [0.29, 0.717) is 31.3 Å². The van der Waals surface area contributed by atoms with E-state index >= 15 is 0 Å². The molecule has 0 aliphatic carbocycles. The van der Waals surface area contributed by atoms with Crippen molar-refractivity contribution in [3.05, 3.63) is 36.4 Å². The van der Waals surface area contributed by atoms with Crippen LogP contribution in [0.4, 0.5) is 5.69 Å². The maximum Gasteiger partial charge on any atom is 0.321 e. The molecule has 0 radical (unpaired) electrons. The lowest BCUT2D eigenvalue weighted by molar-refractivity contribution is -0.139. The predicted molar refractivity (Wildman–Crippen MR) is 119 cm³/mol. The number of benzene rings is 2. The number of nitrogens with one attached hydrogen (secondary N) is 1. The number of anilines is 1. The van der Waals surface area contributed by atoms with Crippen molar-refractivity contribution in [1.29, 1.82) is 0 Å². The van der Waals surface area contributed by atoms with Gasteiger partial charge in [0.2, 0.25) is 10.0 Å². The number of rotatable bonds is 10. The van der Waals surface area contributed by atoms with E-state index in [1.807, 2.05) is 31.1 Å². The van der Waals surface area contributed by atoms with Crippen LogP contribution >= 0.6 is 0 Å². The van der Waals surface area contributed by atoms with Crippen molar-refractivity contribution in [2.75, 3.05) is 38.7 Å². The van der Waals surface area contributed by atoms with Gasteiger partial charge in [0.15, 0.2) is 0 Å². The molecule has 0 spiro atoms. The van der Waals surface area contributed by atoms with Crippen molar-refractivity contribution < 1.29 is 23.4 Å². The van der Waals surface area contributed by atoms with E-state index in [0.717, 1.165) is 11.1 Å². The molecule has 0 unspecified atom stereocenters. The molecule has 7 N–H and O–H groups in total. The van der Waals surface area contributed by atoms with Crippen LogP contribution in [0.25, 0.3) is 10.8 Å². The highest BCUT2D eigenvalue weighted by Crippen LogP contribution is 2.30. The van der Waals surface area contributed by atoms with Gasteiger partial charge < -0.3 is 26.6 Å². The van der Waals surface area contributed by atoms with Crippen LogP contribution in [0, 0.1) is 0 Å². The first-order valence-corrected chi connectivity index (χ1v) is 11.1. The predicted octanol–water partition coefficient (Wildman–Crippen LogP) is 0.704. The Morgan fingerprint density at radius 3 is 2.20 bits per heavy atom. The first kappa shape index (κ1) is 25.8. The van der Waals surface area contributed by atoms with Crippen molar-refractivity contribution in [3.8, 4) is 0 Å². The number of aliphatic hydroxyl groups excluding tert-OH is 1. The molecular weight excluding hydrogens is 408 g/mol. The highest BCUT2D eigenvalue weighted by Gasteiger charge is 2.26. The van der Waals surface area contributed by atoms with Gasteiger partial charge in [-0.15, -0.1) is 0 Å². The minimum Gasteiger partial charge on any atom is -0.480 e. The molecule has 0 saturated heterocycles. The largest absolute Gasteiger partial charge is 0.480 e. The molecule has 10 heteroatoms. The van der Waals surface area contributed by atoms with Crippen LogP contribution in [0.1, 0.15) is 19.3 Å². The molecule has 30 heavy (non-hydrogen) atoms. The van der Waals surface area contributed by atoms with Gasteiger partial charge in [-0.2, -0.15) is 4.72 Å². The Kier molecular flexibility index (Phi) is 10.7. The number of hydrogen-bond acceptors (Lipinski definition) is 7. The van der Waals surface area contributed by atoms with Crippen molar-refractivity contribution in [1.82, 2.24) is 4.72 Å². The summed E-state index contributed by atoms with van der Waals surface area (Å²) >= 11 is 0. The zero-order valence-electron chi connectivity index (χ0n) is 17.4. The van der Waals surface area contributed by atoms with E-state index in [2.05, 4.69) is 4.72 Å². The van der Waals surface area contributed by atoms with Crippen LogP contribution in [-0.4, -0.2) is 64.4 Å². The summed E-state index contributed by atoms with van der Waals surface area (Å²) in [6.45, 7) is 0.912. The number of unbranched alkanes of at least 4 members (excludes halogenated alkanes) is 1. The molecule has 0 bridgehead atoms. The van der Waals surface area contributed by atoms with Gasteiger partial charge in [-0.3, -0.25) is 4.79 Å². The number of nitrogens with two attached hydrogens (primary N) is 2. The first-order valence-electron chi connectivity index (χ1n) is 9.64. The topological polar surface area (TPSA) is 159 Å². The molecular formula is C20H32N4O5S. The molecule has 1 atom stereocenters.